The van der Waals surface area contributed by atoms with E-state index < -0.39 is 0 Å². The van der Waals surface area contributed by atoms with Crippen LogP contribution in [0.4, 0.5) is 0 Å². The van der Waals surface area contributed by atoms with Crippen molar-refractivity contribution in [3.05, 3.63) is 33.7 Å². The van der Waals surface area contributed by atoms with Crippen LogP contribution in [0.1, 0.15) is 50.4 Å². The largest absolute Gasteiger partial charge is 0.326 e. The number of pyridine rings is 1. The number of aromatic nitrogens is 1. The Bertz CT molecular complexity index is 497. The smallest absolute Gasteiger partial charge is 0.248 e. The highest BCUT2D eigenvalue weighted by molar-refractivity contribution is 5.26. The molecule has 0 saturated carbocycles. The Kier molecular flexibility index (Phi) is 5.59. The number of nitrogens with zero attached hydrogens (tertiary/aromatic N) is 1. The molecule has 2 N–H and O–H groups in total. The predicted molar refractivity (Wildman–Crippen MR) is 87.7 cm³/mol. The first kappa shape index (κ1) is 16.2. The summed E-state index contributed by atoms with van der Waals surface area (Å²) in [6.07, 6.45) is 4.46. The van der Waals surface area contributed by atoms with Gasteiger partial charge in [0, 0.05) is 30.4 Å². The molecule has 1 aliphatic rings. The molecule has 0 bridgehead atoms. The van der Waals surface area contributed by atoms with Crippen molar-refractivity contribution in [2.45, 2.75) is 51.6 Å². The van der Waals surface area contributed by atoms with E-state index >= 15 is 0 Å². The zero-order chi connectivity index (χ0) is 15.4. The highest BCUT2D eigenvalue weighted by atomic mass is 16.1. The zero-order valence-corrected chi connectivity index (χ0v) is 13.8. The molecule has 1 heterocycles. The molecule has 0 spiro atoms. The van der Waals surface area contributed by atoms with Crippen molar-refractivity contribution < 1.29 is 0 Å². The van der Waals surface area contributed by atoms with Crippen LogP contribution in [0.5, 0.6) is 0 Å². The standard InChI is InChI=1S/C17H29N3O/c1-12(2)10-13(11-20(3)4)18-15-6-5-7-16-14(15)8-9-17(21)19-16/h8-9,12-13,15,18H,5-7,10-11H2,1-4H3,(H,19,21). The SMILES string of the molecule is CC(C)CC(CN(C)C)NC1CCCc2[nH]c(=O)ccc21. The Morgan fingerprint density at radius 3 is 2.81 bits per heavy atom. The molecule has 0 radical (unpaired) electrons. The van der Waals surface area contributed by atoms with Crippen molar-refractivity contribution in [3.63, 3.8) is 0 Å². The third-order valence-electron chi connectivity index (χ3n) is 4.11. The van der Waals surface area contributed by atoms with Gasteiger partial charge in [0.1, 0.15) is 0 Å². The van der Waals surface area contributed by atoms with Gasteiger partial charge in [-0.3, -0.25) is 4.79 Å². The number of nitrogens with one attached hydrogen (secondary N) is 2. The average molecular weight is 291 g/mol. The van der Waals surface area contributed by atoms with Gasteiger partial charge >= 0.3 is 0 Å². The van der Waals surface area contributed by atoms with Gasteiger partial charge in [-0.25, -0.2) is 0 Å². The molecule has 4 heteroatoms. The van der Waals surface area contributed by atoms with E-state index in [0.29, 0.717) is 18.0 Å². The number of aryl methyl sites for hydroxylation is 1. The molecule has 0 fully saturated rings. The van der Waals surface area contributed by atoms with Gasteiger partial charge in [0.2, 0.25) is 5.56 Å². The molecule has 2 atom stereocenters. The van der Waals surface area contributed by atoms with Crippen molar-refractivity contribution in [1.29, 1.82) is 0 Å². The molecule has 2 rings (SSSR count). The summed E-state index contributed by atoms with van der Waals surface area (Å²) in [6.45, 7) is 5.60. The monoisotopic (exact) mass is 291 g/mol. The first-order valence-corrected chi connectivity index (χ1v) is 8.08. The fourth-order valence-electron chi connectivity index (χ4n) is 3.36. The number of likely N-dealkylation sites (N-methyl/N-ethyl adjacent to an activating group) is 1. The molecule has 2 unspecified atom stereocenters. The van der Waals surface area contributed by atoms with Gasteiger partial charge in [0.25, 0.3) is 0 Å². The molecule has 0 amide bonds. The lowest BCUT2D eigenvalue weighted by Crippen LogP contribution is -2.42. The van der Waals surface area contributed by atoms with Crippen LogP contribution < -0.4 is 10.9 Å². The normalized spacial score (nSPS) is 19.8. The summed E-state index contributed by atoms with van der Waals surface area (Å²) in [5, 5.41) is 3.83. The quantitative estimate of drug-likeness (QED) is 0.845. The molecular formula is C17H29N3O. The van der Waals surface area contributed by atoms with E-state index in [0.717, 1.165) is 31.5 Å². The molecule has 21 heavy (non-hydrogen) atoms. The Balaban J connectivity index is 2.12. The minimum Gasteiger partial charge on any atom is -0.326 e. The fourth-order valence-corrected chi connectivity index (χ4v) is 3.36. The van der Waals surface area contributed by atoms with E-state index in [1.807, 2.05) is 6.07 Å². The molecule has 0 saturated heterocycles. The molecule has 1 aliphatic carbocycles. The van der Waals surface area contributed by atoms with Gasteiger partial charge in [0.15, 0.2) is 0 Å². The van der Waals surface area contributed by atoms with Crippen molar-refractivity contribution in [3.8, 4) is 0 Å². The molecule has 118 valence electrons. The van der Waals surface area contributed by atoms with Crippen molar-refractivity contribution >= 4 is 0 Å². The van der Waals surface area contributed by atoms with E-state index in [-0.39, 0.29) is 5.56 Å². The van der Waals surface area contributed by atoms with E-state index in [2.05, 4.69) is 43.1 Å². The first-order valence-electron chi connectivity index (χ1n) is 8.08. The summed E-state index contributed by atoms with van der Waals surface area (Å²) in [5.74, 6) is 0.682. The lowest BCUT2D eigenvalue weighted by molar-refractivity contribution is 0.276. The summed E-state index contributed by atoms with van der Waals surface area (Å²) in [7, 11) is 4.25. The van der Waals surface area contributed by atoms with Gasteiger partial charge in [-0.1, -0.05) is 19.9 Å². The summed E-state index contributed by atoms with van der Waals surface area (Å²) in [6, 6.07) is 4.52. The van der Waals surface area contributed by atoms with Gasteiger partial charge in [0.05, 0.1) is 0 Å². The maximum atomic E-state index is 11.5. The third-order valence-corrected chi connectivity index (χ3v) is 4.11. The van der Waals surface area contributed by atoms with Crippen LogP contribution in [0, 0.1) is 5.92 Å². The van der Waals surface area contributed by atoms with Gasteiger partial charge in [-0.2, -0.15) is 0 Å². The third kappa shape index (κ3) is 4.68. The molecule has 1 aromatic heterocycles. The molecular weight excluding hydrogens is 262 g/mol. The topological polar surface area (TPSA) is 48.1 Å². The van der Waals surface area contributed by atoms with Crippen LogP contribution in [0.2, 0.25) is 0 Å². The van der Waals surface area contributed by atoms with Gasteiger partial charge in [-0.05, 0) is 51.3 Å². The van der Waals surface area contributed by atoms with Gasteiger partial charge in [-0.15, -0.1) is 0 Å². The van der Waals surface area contributed by atoms with E-state index in [1.54, 1.807) is 6.07 Å². The van der Waals surface area contributed by atoms with Gasteiger partial charge < -0.3 is 15.2 Å². The Labute approximate surface area is 127 Å². The number of fused-ring (bicyclic) bond motifs is 1. The van der Waals surface area contributed by atoms with Crippen LogP contribution in [-0.4, -0.2) is 36.6 Å². The van der Waals surface area contributed by atoms with Crippen LogP contribution in [0.15, 0.2) is 16.9 Å². The highest BCUT2D eigenvalue weighted by Crippen LogP contribution is 2.28. The fraction of sp³-hybridized carbons (Fsp3) is 0.706. The molecule has 0 aromatic carbocycles. The lowest BCUT2D eigenvalue weighted by atomic mass is 9.90. The maximum Gasteiger partial charge on any atom is 0.248 e. The van der Waals surface area contributed by atoms with E-state index in [9.17, 15) is 4.79 Å². The van der Waals surface area contributed by atoms with Crippen molar-refractivity contribution in [2.24, 2.45) is 5.92 Å². The molecule has 0 aliphatic heterocycles. The van der Waals surface area contributed by atoms with Crippen LogP contribution in [0.25, 0.3) is 0 Å². The van der Waals surface area contributed by atoms with E-state index in [4.69, 9.17) is 0 Å². The zero-order valence-electron chi connectivity index (χ0n) is 13.8. The first-order chi connectivity index (χ1) is 9.95. The van der Waals surface area contributed by atoms with Crippen LogP contribution in [-0.2, 0) is 6.42 Å². The summed E-state index contributed by atoms with van der Waals surface area (Å²) < 4.78 is 0. The second kappa shape index (κ2) is 7.23. The minimum absolute atomic E-state index is 0.0152. The van der Waals surface area contributed by atoms with Crippen molar-refractivity contribution in [1.82, 2.24) is 15.2 Å². The highest BCUT2D eigenvalue weighted by Gasteiger charge is 2.24. The average Bonchev–Trinajstić information content (AvgIpc) is 2.36. The number of H-pyrrole nitrogens is 1. The van der Waals surface area contributed by atoms with E-state index in [1.165, 1.54) is 12.0 Å². The molecule has 1 aromatic rings. The number of aromatic amines is 1. The number of hydrogen-bond acceptors (Lipinski definition) is 3. The Morgan fingerprint density at radius 1 is 1.38 bits per heavy atom. The second-order valence-corrected chi connectivity index (χ2v) is 6.96. The Morgan fingerprint density at radius 2 is 2.14 bits per heavy atom. The minimum atomic E-state index is 0.0152. The summed E-state index contributed by atoms with van der Waals surface area (Å²) >= 11 is 0. The predicted octanol–water partition coefficient (Wildman–Crippen LogP) is 2.32. The van der Waals surface area contributed by atoms with Crippen LogP contribution >= 0.6 is 0 Å². The number of rotatable bonds is 6. The summed E-state index contributed by atoms with van der Waals surface area (Å²) in [4.78, 5) is 16.7. The van der Waals surface area contributed by atoms with Crippen LogP contribution in [0.3, 0.4) is 0 Å². The second-order valence-electron chi connectivity index (χ2n) is 6.96. The molecule has 4 nitrogen and oxygen atoms in total. The maximum absolute atomic E-state index is 11.5. The number of hydrogen-bond donors (Lipinski definition) is 2. The summed E-state index contributed by atoms with van der Waals surface area (Å²) in [5.41, 5.74) is 2.43. The Hall–Kier alpha value is -1.13. The lowest BCUT2D eigenvalue weighted by Gasteiger charge is -2.32. The van der Waals surface area contributed by atoms with Crippen molar-refractivity contribution in [2.75, 3.05) is 20.6 Å².